The Bertz CT molecular complexity index is 1440. The van der Waals surface area contributed by atoms with Crippen molar-refractivity contribution in [1.82, 2.24) is 24.1 Å². The van der Waals surface area contributed by atoms with Gasteiger partial charge in [0.1, 0.15) is 0 Å². The molecule has 3 aromatic rings. The van der Waals surface area contributed by atoms with Crippen LogP contribution in [-0.4, -0.2) is 62.8 Å². The van der Waals surface area contributed by atoms with Crippen LogP contribution in [0, 0.1) is 12.3 Å². The minimum atomic E-state index is -2.61. The highest BCUT2D eigenvalue weighted by atomic mass is 19.3. The molecule has 0 saturated carbocycles. The summed E-state index contributed by atoms with van der Waals surface area (Å²) in [6, 6.07) is 3.96. The number of terminal acetylenes is 1. The number of nitrogens with zero attached hydrogens (tertiary/aromatic N) is 6. The van der Waals surface area contributed by atoms with Gasteiger partial charge in [-0.15, -0.1) is 12.3 Å². The van der Waals surface area contributed by atoms with Gasteiger partial charge >= 0.3 is 0 Å². The molecule has 0 aliphatic carbocycles. The zero-order chi connectivity index (χ0) is 27.3. The third-order valence-corrected chi connectivity index (χ3v) is 8.46. The number of likely N-dealkylation sites (tertiary alicyclic amines) is 1. The second-order valence-corrected chi connectivity index (χ2v) is 10.9. The van der Waals surface area contributed by atoms with E-state index in [1.54, 1.807) is 37.1 Å². The van der Waals surface area contributed by atoms with Crippen LogP contribution in [0.25, 0.3) is 11.1 Å². The molecule has 0 radical (unpaired) electrons. The molecule has 0 unspecified atom stereocenters. The second-order valence-electron chi connectivity index (χ2n) is 10.9. The normalized spacial score (nSPS) is 17.6. The highest BCUT2D eigenvalue weighted by molar-refractivity contribution is 5.79. The Labute approximate surface area is 228 Å². The molecule has 39 heavy (non-hydrogen) atoms. The first-order valence-corrected chi connectivity index (χ1v) is 13.7. The number of carbonyl (C=O) groups is 1. The predicted octanol–water partition coefficient (Wildman–Crippen LogP) is 4.70. The summed E-state index contributed by atoms with van der Waals surface area (Å²) >= 11 is 0. The van der Waals surface area contributed by atoms with Crippen LogP contribution in [0.15, 0.2) is 30.7 Å². The molecule has 0 bridgehead atoms. The van der Waals surface area contributed by atoms with Crippen LogP contribution >= 0.6 is 0 Å². The molecule has 1 saturated heterocycles. The lowest BCUT2D eigenvalue weighted by atomic mass is 9.92. The summed E-state index contributed by atoms with van der Waals surface area (Å²) in [4.78, 5) is 18.8. The van der Waals surface area contributed by atoms with Crippen LogP contribution in [0.5, 0.6) is 0 Å². The number of fused-ring (bicyclic) bond motifs is 2. The molecule has 0 atom stereocenters. The molecule has 7 nitrogen and oxygen atoms in total. The number of hydrogen-bond donors (Lipinski definition) is 0. The largest absolute Gasteiger partial charge is 0.343 e. The van der Waals surface area contributed by atoms with E-state index >= 15 is 0 Å². The Balaban J connectivity index is 1.41. The third-order valence-electron chi connectivity index (χ3n) is 8.46. The summed E-state index contributed by atoms with van der Waals surface area (Å²) in [7, 11) is 1.79. The monoisotopic (exact) mass is 532 g/mol. The lowest BCUT2D eigenvalue weighted by Crippen LogP contribution is -2.48. The van der Waals surface area contributed by atoms with Crippen molar-refractivity contribution >= 4 is 17.3 Å². The minimum absolute atomic E-state index is 0.0236. The summed E-state index contributed by atoms with van der Waals surface area (Å²) < 4.78 is 32.8. The Hall–Kier alpha value is -3.64. The quantitative estimate of drug-likeness (QED) is 0.432. The van der Waals surface area contributed by atoms with Gasteiger partial charge in [-0.2, -0.15) is 5.10 Å². The maximum atomic E-state index is 14.4. The number of aromatic nitrogens is 3. The van der Waals surface area contributed by atoms with E-state index in [-0.39, 0.29) is 11.5 Å². The van der Waals surface area contributed by atoms with Crippen molar-refractivity contribution in [3.8, 4) is 23.5 Å². The fourth-order valence-corrected chi connectivity index (χ4v) is 6.40. The molecular formula is C30H34F2N6O. The van der Waals surface area contributed by atoms with Crippen LogP contribution in [0.1, 0.15) is 54.6 Å². The third kappa shape index (κ3) is 4.61. The van der Waals surface area contributed by atoms with E-state index in [4.69, 9.17) is 6.42 Å². The Kier molecular flexibility index (Phi) is 6.67. The van der Waals surface area contributed by atoms with Gasteiger partial charge in [0, 0.05) is 107 Å². The number of rotatable bonds is 6. The Morgan fingerprint density at radius 3 is 2.69 bits per heavy atom. The lowest BCUT2D eigenvalue weighted by Gasteiger charge is -2.41. The first-order valence-electron chi connectivity index (χ1n) is 13.7. The van der Waals surface area contributed by atoms with Crippen LogP contribution in [-0.2, 0) is 31.2 Å². The average molecular weight is 533 g/mol. The summed E-state index contributed by atoms with van der Waals surface area (Å²) in [5.74, 6) is 2.78. The van der Waals surface area contributed by atoms with Crippen molar-refractivity contribution in [1.29, 1.82) is 0 Å². The number of benzene rings is 1. The van der Waals surface area contributed by atoms with Gasteiger partial charge in [0.2, 0.25) is 5.91 Å². The van der Waals surface area contributed by atoms with E-state index in [9.17, 15) is 13.6 Å². The number of alkyl halides is 2. The predicted molar refractivity (Wildman–Crippen MR) is 147 cm³/mol. The molecule has 1 amide bonds. The summed E-state index contributed by atoms with van der Waals surface area (Å²) in [6.07, 6.45) is 11.8. The number of aryl methyl sites for hydroxylation is 2. The second kappa shape index (κ2) is 10.2. The first kappa shape index (κ1) is 25.6. The van der Waals surface area contributed by atoms with Gasteiger partial charge in [-0.05, 0) is 36.1 Å². The van der Waals surface area contributed by atoms with Crippen molar-refractivity contribution in [3.05, 3.63) is 53.1 Å². The number of halogens is 2. The van der Waals surface area contributed by atoms with Crippen molar-refractivity contribution in [2.45, 2.75) is 51.6 Å². The van der Waals surface area contributed by atoms with Gasteiger partial charge in [-0.1, -0.05) is 0 Å². The molecular weight excluding hydrogens is 498 g/mol. The molecule has 3 aliphatic rings. The van der Waals surface area contributed by atoms with Crippen molar-refractivity contribution < 1.29 is 13.6 Å². The molecule has 9 heteroatoms. The fraction of sp³-hybridized carbons (Fsp3) is 0.467. The number of amides is 1. The molecule has 1 fully saturated rings. The number of hydrogen-bond acceptors (Lipinski definition) is 4. The molecule has 3 aliphatic heterocycles. The highest BCUT2D eigenvalue weighted by Crippen LogP contribution is 2.44. The topological polar surface area (TPSA) is 49.5 Å². The molecule has 5 heterocycles. The minimum Gasteiger partial charge on any atom is -0.343 e. The van der Waals surface area contributed by atoms with Gasteiger partial charge in [-0.3, -0.25) is 14.4 Å². The molecule has 6 rings (SSSR count). The van der Waals surface area contributed by atoms with E-state index in [1.807, 2.05) is 11.0 Å². The molecule has 204 valence electrons. The lowest BCUT2D eigenvalue weighted by molar-refractivity contribution is -0.129. The molecule has 1 aromatic carbocycles. The van der Waals surface area contributed by atoms with Crippen LogP contribution in [0.3, 0.4) is 0 Å². The zero-order valence-corrected chi connectivity index (χ0v) is 22.5. The summed E-state index contributed by atoms with van der Waals surface area (Å²) in [5, 5.41) is 4.21. The summed E-state index contributed by atoms with van der Waals surface area (Å²) in [5.41, 5.74) is 6.61. The number of anilines is 2. The maximum Gasteiger partial charge on any atom is 0.264 e. The van der Waals surface area contributed by atoms with Gasteiger partial charge in [-0.25, -0.2) is 8.78 Å². The molecule has 0 N–H and O–H groups in total. The molecule has 2 aromatic heterocycles. The SMILES string of the molecule is C#CCCN1CC(n2cc(N3CCCc4cc(-c5cnn(C)c5)c(C(F)F)cc43)c3c2CCN(C(C)=O)C3)C1. The van der Waals surface area contributed by atoms with Gasteiger partial charge in [0.25, 0.3) is 6.43 Å². The standard InChI is InChI=1S/C30H34F2N6O/c1-4-5-9-35-16-23(17-35)38-19-29(26-18-36(20(2)39)11-8-27(26)38)37-10-6-7-21-12-24(22-14-33-34(3)15-22)25(30(31)32)13-28(21)37/h1,12-15,19,23,30H,5-11,16-18H2,2-3H3. The van der Waals surface area contributed by atoms with Crippen LogP contribution in [0.4, 0.5) is 20.2 Å². The van der Waals surface area contributed by atoms with E-state index < -0.39 is 6.43 Å². The van der Waals surface area contributed by atoms with Crippen LogP contribution < -0.4 is 4.90 Å². The fourth-order valence-electron chi connectivity index (χ4n) is 6.40. The van der Waals surface area contributed by atoms with Crippen molar-refractivity contribution in [2.75, 3.05) is 37.6 Å². The van der Waals surface area contributed by atoms with E-state index in [1.165, 1.54) is 5.69 Å². The maximum absolute atomic E-state index is 14.4. The first-order chi connectivity index (χ1) is 18.8. The summed E-state index contributed by atoms with van der Waals surface area (Å²) in [6.45, 7) is 6.39. The van der Waals surface area contributed by atoms with E-state index in [0.29, 0.717) is 30.3 Å². The van der Waals surface area contributed by atoms with Gasteiger partial charge < -0.3 is 14.4 Å². The Morgan fingerprint density at radius 1 is 1.18 bits per heavy atom. The zero-order valence-electron chi connectivity index (χ0n) is 22.5. The van der Waals surface area contributed by atoms with E-state index in [0.717, 1.165) is 74.4 Å². The van der Waals surface area contributed by atoms with Crippen molar-refractivity contribution in [3.63, 3.8) is 0 Å². The van der Waals surface area contributed by atoms with E-state index in [2.05, 4.69) is 31.6 Å². The smallest absolute Gasteiger partial charge is 0.264 e. The van der Waals surface area contributed by atoms with Crippen LogP contribution in [0.2, 0.25) is 0 Å². The molecule has 0 spiro atoms. The van der Waals surface area contributed by atoms with Gasteiger partial charge in [0.15, 0.2) is 0 Å². The average Bonchev–Trinajstić information content (AvgIpc) is 3.50. The highest BCUT2D eigenvalue weighted by Gasteiger charge is 2.35. The Morgan fingerprint density at radius 2 is 2.00 bits per heavy atom. The van der Waals surface area contributed by atoms with Crippen molar-refractivity contribution in [2.24, 2.45) is 7.05 Å². The van der Waals surface area contributed by atoms with Gasteiger partial charge in [0.05, 0.1) is 17.9 Å². The number of carbonyl (C=O) groups excluding carboxylic acids is 1.